The fourth-order valence-electron chi connectivity index (χ4n) is 9.86. The molecule has 0 amide bonds. The largest absolute Gasteiger partial charge is 0.491 e. The Kier molecular flexibility index (Phi) is 6.58. The third-order valence-electron chi connectivity index (χ3n) is 12.2. The molecule has 1 spiro atoms. The van der Waals surface area contributed by atoms with Crippen LogP contribution in [0.3, 0.4) is 0 Å². The van der Waals surface area contributed by atoms with Gasteiger partial charge in [0.1, 0.15) is 17.6 Å². The van der Waals surface area contributed by atoms with Gasteiger partial charge in [-0.3, -0.25) is 4.79 Å². The number of carbonyl (C=O) groups excluding carboxylic acids is 2. The molecule has 5 aliphatic carbocycles. The maximum atomic E-state index is 13.4. The molecule has 1 aliphatic heterocycles. The van der Waals surface area contributed by atoms with E-state index in [1.165, 1.54) is 0 Å². The lowest BCUT2D eigenvalue weighted by Gasteiger charge is -2.78. The molecule has 1 aromatic rings. The lowest BCUT2D eigenvalue weighted by atomic mass is 9.25. The van der Waals surface area contributed by atoms with Crippen LogP contribution in [0.25, 0.3) is 0 Å². The van der Waals surface area contributed by atoms with Gasteiger partial charge in [-0.1, -0.05) is 33.8 Å². The van der Waals surface area contributed by atoms with Gasteiger partial charge in [0.2, 0.25) is 0 Å². The van der Waals surface area contributed by atoms with Gasteiger partial charge in [0, 0.05) is 29.7 Å². The van der Waals surface area contributed by atoms with Crippen LogP contribution in [0.5, 0.6) is 5.75 Å². The summed E-state index contributed by atoms with van der Waals surface area (Å²) in [6, 6.07) is 3.45. The second-order valence-electron chi connectivity index (χ2n) is 13.6. The van der Waals surface area contributed by atoms with E-state index < -0.39 is 36.1 Å². The molecule has 1 heterocycles. The van der Waals surface area contributed by atoms with E-state index in [1.54, 1.807) is 12.1 Å². The highest BCUT2D eigenvalue weighted by Crippen LogP contribution is 2.79. The minimum absolute atomic E-state index is 0.0116. The summed E-state index contributed by atoms with van der Waals surface area (Å²) in [7, 11) is -1.05. The van der Waals surface area contributed by atoms with Crippen molar-refractivity contribution in [1.29, 1.82) is 0 Å². The van der Waals surface area contributed by atoms with Crippen LogP contribution in [-0.4, -0.2) is 47.8 Å². The zero-order chi connectivity index (χ0) is 28.8. The number of benzene rings is 1. The number of ether oxygens (including phenoxy) is 2. The van der Waals surface area contributed by atoms with Crippen LogP contribution >= 0.6 is 0 Å². The molecule has 6 aliphatic rings. The number of Topliss-reactive ketones (excluding diaryl/α,β-unsaturated/α-hetero) is 1. The van der Waals surface area contributed by atoms with Gasteiger partial charge >= 0.3 is 13.1 Å². The minimum atomic E-state index is -1.05. The number of esters is 1. The van der Waals surface area contributed by atoms with Crippen molar-refractivity contribution in [2.24, 2.45) is 51.6 Å². The molecule has 10 atom stereocenters. The summed E-state index contributed by atoms with van der Waals surface area (Å²) in [5.74, 6) is 0.812. The molecular formula is C31H42BNO7. The molecule has 40 heavy (non-hydrogen) atoms. The van der Waals surface area contributed by atoms with Crippen molar-refractivity contribution < 1.29 is 33.8 Å². The Bertz CT molecular complexity index is 1250. The van der Waals surface area contributed by atoms with Gasteiger partial charge in [-0.25, -0.2) is 4.79 Å². The van der Waals surface area contributed by atoms with Gasteiger partial charge in [0.25, 0.3) is 0 Å². The molecule has 0 saturated heterocycles. The van der Waals surface area contributed by atoms with Crippen LogP contribution in [0.4, 0.5) is 0 Å². The number of aliphatic hydroxyl groups excluding tert-OH is 1. The first-order chi connectivity index (χ1) is 18.9. The quantitative estimate of drug-likeness (QED) is 0.280. The Labute approximate surface area is 236 Å². The van der Waals surface area contributed by atoms with E-state index in [0.717, 1.165) is 24.0 Å². The highest BCUT2D eigenvalue weighted by Gasteiger charge is 2.79. The first kappa shape index (κ1) is 27.9. The maximum absolute atomic E-state index is 13.4. The number of hydrogen-bond acceptors (Lipinski definition) is 8. The van der Waals surface area contributed by atoms with Gasteiger partial charge in [-0.15, -0.1) is 6.58 Å². The molecule has 0 radical (unpaired) electrons. The third kappa shape index (κ3) is 3.60. The van der Waals surface area contributed by atoms with Crippen molar-refractivity contribution in [3.63, 3.8) is 0 Å². The Morgan fingerprint density at radius 2 is 2.08 bits per heavy atom. The summed E-state index contributed by atoms with van der Waals surface area (Å²) in [5, 5.41) is 21.9. The van der Waals surface area contributed by atoms with Gasteiger partial charge in [-0.2, -0.15) is 0 Å². The minimum Gasteiger partial charge on any atom is -0.482 e. The van der Waals surface area contributed by atoms with E-state index in [1.807, 2.05) is 13.0 Å². The second-order valence-corrected chi connectivity index (χ2v) is 13.6. The van der Waals surface area contributed by atoms with E-state index >= 15 is 0 Å². The van der Waals surface area contributed by atoms with Crippen LogP contribution < -0.4 is 15.9 Å². The Balaban J connectivity index is 1.29. The molecule has 0 aromatic heterocycles. The maximum Gasteiger partial charge on any atom is 0.491 e. The van der Waals surface area contributed by atoms with Gasteiger partial charge < -0.3 is 30.0 Å². The Morgan fingerprint density at radius 1 is 1.32 bits per heavy atom. The fraction of sp³-hybridized carbons (Fsp3) is 0.677. The SMILES string of the molecule is C=C[C@]1(C)C[C@@H](OC(=O)COc2cc(CN)c3c(c2)B(O)OC3)[C@]2(C)[C@H](C)C[C@H]3C4C(=O)CC[C@@]3([C@@H](C)[C@@H]1O)[C@@H]42. The van der Waals surface area contributed by atoms with Gasteiger partial charge in [0.05, 0.1) is 12.7 Å². The second kappa shape index (κ2) is 9.41. The molecule has 7 rings (SSSR count). The topological polar surface area (TPSA) is 128 Å². The summed E-state index contributed by atoms with van der Waals surface area (Å²) in [6.45, 7) is 12.9. The molecule has 9 heteroatoms. The standard InChI is InChI=1S/C31H42BNO7/c1-6-29(4)12-24(40-25(35)15-38-19-10-18(13-33)20-14-39-32(37)22(20)11-19)30(5)16(2)9-21-26-23(34)7-8-31(21,27(26)30)17(3)28(29)36/h6,10-11,16-17,21,24,26-28,36-37H,1,7-9,12-15,33H2,2-5H3/t16-,17+,21+,24-,26?,27+,28+,29-,30+,31+/m1/s1. The molecular weight excluding hydrogens is 509 g/mol. The Hall–Kier alpha value is -2.20. The first-order valence-electron chi connectivity index (χ1n) is 14.7. The zero-order valence-corrected chi connectivity index (χ0v) is 24.0. The van der Waals surface area contributed by atoms with E-state index in [9.17, 15) is 19.7 Å². The zero-order valence-electron chi connectivity index (χ0n) is 24.0. The highest BCUT2D eigenvalue weighted by molar-refractivity contribution is 6.61. The molecule has 5 saturated carbocycles. The van der Waals surface area contributed by atoms with E-state index in [4.69, 9.17) is 19.9 Å². The molecule has 5 bridgehead atoms. The van der Waals surface area contributed by atoms with Crippen LogP contribution in [0.15, 0.2) is 24.8 Å². The number of nitrogens with two attached hydrogens (primary N) is 1. The summed E-state index contributed by atoms with van der Waals surface area (Å²) in [4.78, 5) is 26.6. The smallest absolute Gasteiger partial charge is 0.482 e. The number of ketones is 1. The van der Waals surface area contributed by atoms with Crippen molar-refractivity contribution in [1.82, 2.24) is 0 Å². The average Bonchev–Trinajstić information content (AvgIpc) is 3.31. The van der Waals surface area contributed by atoms with Gasteiger partial charge in [0.15, 0.2) is 6.61 Å². The van der Waals surface area contributed by atoms with E-state index in [0.29, 0.717) is 29.8 Å². The number of fused-ring (bicyclic) bond motifs is 2. The monoisotopic (exact) mass is 551 g/mol. The Morgan fingerprint density at radius 3 is 2.77 bits per heavy atom. The molecule has 1 unspecified atom stereocenters. The van der Waals surface area contributed by atoms with Crippen LogP contribution in [-0.2, 0) is 32.1 Å². The number of carbonyl (C=O) groups is 2. The fourth-order valence-corrected chi connectivity index (χ4v) is 9.86. The molecule has 4 N–H and O–H groups in total. The molecule has 1 aromatic carbocycles. The van der Waals surface area contributed by atoms with E-state index in [-0.39, 0.29) is 54.8 Å². The van der Waals surface area contributed by atoms with Crippen LogP contribution in [0, 0.1) is 45.8 Å². The van der Waals surface area contributed by atoms with Crippen molar-refractivity contribution in [2.45, 2.75) is 78.7 Å². The number of aliphatic hydroxyl groups is 1. The molecule has 216 valence electrons. The molecule has 8 nitrogen and oxygen atoms in total. The first-order valence-corrected chi connectivity index (χ1v) is 14.7. The van der Waals surface area contributed by atoms with Crippen molar-refractivity contribution >= 4 is 24.3 Å². The summed E-state index contributed by atoms with van der Waals surface area (Å²) in [5.41, 5.74) is 6.93. The predicted molar refractivity (Wildman–Crippen MR) is 149 cm³/mol. The highest BCUT2D eigenvalue weighted by atomic mass is 16.6. The van der Waals surface area contributed by atoms with Crippen LogP contribution in [0.2, 0.25) is 0 Å². The molecule has 5 fully saturated rings. The van der Waals surface area contributed by atoms with Gasteiger partial charge in [-0.05, 0) is 77.1 Å². The van der Waals surface area contributed by atoms with Crippen molar-refractivity contribution in [2.75, 3.05) is 6.61 Å². The van der Waals surface area contributed by atoms with Crippen LogP contribution in [0.1, 0.15) is 64.5 Å². The van der Waals surface area contributed by atoms with Crippen molar-refractivity contribution in [3.8, 4) is 5.75 Å². The lowest BCUT2D eigenvalue weighted by molar-refractivity contribution is -0.322. The predicted octanol–water partition coefficient (Wildman–Crippen LogP) is 2.50. The number of hydrogen-bond donors (Lipinski definition) is 3. The summed E-state index contributed by atoms with van der Waals surface area (Å²) in [6.07, 6.45) is 3.32. The number of rotatable bonds is 6. The van der Waals surface area contributed by atoms with Crippen molar-refractivity contribution in [3.05, 3.63) is 35.9 Å². The van der Waals surface area contributed by atoms with E-state index in [2.05, 4.69) is 27.4 Å². The summed E-state index contributed by atoms with van der Waals surface area (Å²) >= 11 is 0. The third-order valence-corrected chi connectivity index (χ3v) is 12.2. The normalized spacial score (nSPS) is 43.2. The summed E-state index contributed by atoms with van der Waals surface area (Å²) < 4.78 is 17.5. The lowest BCUT2D eigenvalue weighted by Crippen LogP contribution is -2.78. The average molecular weight is 551 g/mol.